The van der Waals surface area contributed by atoms with Gasteiger partial charge in [0.15, 0.2) is 0 Å². The number of fused-ring (bicyclic) bond motifs is 8. The largest absolute Gasteiger partial charge is 0.248 e. The monoisotopic (exact) mass is 658 g/mol. The Labute approximate surface area is 300 Å². The molecule has 52 heavy (non-hydrogen) atoms. The van der Waals surface area contributed by atoms with E-state index >= 15 is 0 Å². The first-order valence-corrected chi connectivity index (χ1v) is 17.8. The van der Waals surface area contributed by atoms with E-state index in [0.717, 1.165) is 38.4 Å². The predicted octanol–water partition coefficient (Wildman–Crippen LogP) is 12.1. The molecule has 0 aromatic heterocycles. The lowest BCUT2D eigenvalue weighted by Gasteiger charge is -2.22. The summed E-state index contributed by atoms with van der Waals surface area (Å²) < 4.78 is 0. The maximum Gasteiger partial charge on any atom is 0.0817 e. The van der Waals surface area contributed by atoms with Crippen LogP contribution in [0.5, 0.6) is 0 Å². The predicted molar refractivity (Wildman–Crippen MR) is 214 cm³/mol. The fraction of sp³-hybridized carbons (Fsp3) is 0. The van der Waals surface area contributed by atoms with E-state index in [-0.39, 0.29) is 0 Å². The van der Waals surface area contributed by atoms with Crippen LogP contribution in [-0.4, -0.2) is 0 Å². The second-order valence-corrected chi connectivity index (χ2v) is 13.7. The Balaban J connectivity index is 1.28. The van der Waals surface area contributed by atoms with E-state index < -0.39 is 0 Å². The first kappa shape index (κ1) is 28.9. The Kier molecular flexibility index (Phi) is 6.28. The zero-order chi connectivity index (χ0) is 34.2. The molecule has 0 saturated carbocycles. The summed E-state index contributed by atoms with van der Waals surface area (Å²) in [5.41, 5.74) is 13.8. The van der Waals surface area contributed by atoms with Crippen molar-refractivity contribution in [1.29, 1.82) is 0 Å². The third kappa shape index (κ3) is 4.31. The second kappa shape index (κ2) is 11.3. The lowest BCUT2D eigenvalue weighted by Crippen LogP contribution is -2.02. The van der Waals surface area contributed by atoms with Crippen molar-refractivity contribution in [3.63, 3.8) is 0 Å². The van der Waals surface area contributed by atoms with Gasteiger partial charge in [-0.25, -0.2) is 9.98 Å². The number of para-hydroxylation sites is 1. The fourth-order valence-corrected chi connectivity index (χ4v) is 8.46. The average Bonchev–Trinajstić information content (AvgIpc) is 3.78. The Morgan fingerprint density at radius 3 is 1.69 bits per heavy atom. The molecule has 9 aromatic rings. The fourth-order valence-electron chi connectivity index (χ4n) is 8.46. The molecule has 0 fully saturated rings. The molecular weight excluding hydrogens is 629 g/mol. The van der Waals surface area contributed by atoms with E-state index in [1.165, 1.54) is 71.3 Å². The molecule has 0 N–H and O–H groups in total. The molecule has 0 saturated heterocycles. The molecule has 0 radical (unpaired) electrons. The SMILES string of the molecule is c1ccc(-c2ccc3c(c2-c2ccccc2-c2c(-c4ccccc4)ccc4cc5ccccc5cc24)-c2c4c(ccc2=N3)=c2ccccc2=N4)cc1. The van der Waals surface area contributed by atoms with E-state index in [4.69, 9.17) is 9.98 Å². The second-order valence-electron chi connectivity index (χ2n) is 13.7. The van der Waals surface area contributed by atoms with Gasteiger partial charge < -0.3 is 0 Å². The van der Waals surface area contributed by atoms with Gasteiger partial charge in [0.1, 0.15) is 0 Å². The van der Waals surface area contributed by atoms with Crippen molar-refractivity contribution < 1.29 is 0 Å². The Bertz CT molecular complexity index is 3160. The van der Waals surface area contributed by atoms with Crippen molar-refractivity contribution in [2.75, 3.05) is 0 Å². The van der Waals surface area contributed by atoms with Crippen LogP contribution in [0.4, 0.5) is 11.4 Å². The highest BCUT2D eigenvalue weighted by Gasteiger charge is 2.28. The molecule has 0 spiro atoms. The summed E-state index contributed by atoms with van der Waals surface area (Å²) >= 11 is 0. The lowest BCUT2D eigenvalue weighted by molar-refractivity contribution is 1.36. The number of hydrogen-bond donors (Lipinski definition) is 0. The first-order valence-electron chi connectivity index (χ1n) is 17.8. The number of hydrogen-bond acceptors (Lipinski definition) is 2. The molecule has 2 heterocycles. The summed E-state index contributed by atoms with van der Waals surface area (Å²) in [5, 5.41) is 9.24. The van der Waals surface area contributed by atoms with Crippen LogP contribution < -0.4 is 10.7 Å². The van der Waals surface area contributed by atoms with Crippen molar-refractivity contribution in [2.24, 2.45) is 9.98 Å². The smallest absolute Gasteiger partial charge is 0.0817 e. The van der Waals surface area contributed by atoms with Crippen LogP contribution in [0.15, 0.2) is 192 Å². The molecule has 0 amide bonds. The lowest BCUT2D eigenvalue weighted by atomic mass is 9.81. The normalized spacial score (nSPS) is 12.2. The van der Waals surface area contributed by atoms with Gasteiger partial charge >= 0.3 is 0 Å². The molecule has 2 aliphatic heterocycles. The quantitative estimate of drug-likeness (QED) is 0.168. The van der Waals surface area contributed by atoms with Crippen LogP contribution in [0, 0.1) is 10.4 Å². The maximum absolute atomic E-state index is 5.27. The van der Waals surface area contributed by atoms with Crippen LogP contribution in [0.25, 0.3) is 77.2 Å². The van der Waals surface area contributed by atoms with Gasteiger partial charge in [0, 0.05) is 27.1 Å². The first-order chi connectivity index (χ1) is 25.8. The van der Waals surface area contributed by atoms with Crippen LogP contribution in [-0.2, 0) is 0 Å². The van der Waals surface area contributed by atoms with Gasteiger partial charge in [-0.1, -0.05) is 146 Å². The van der Waals surface area contributed by atoms with Crippen molar-refractivity contribution >= 4 is 32.9 Å². The van der Waals surface area contributed by atoms with E-state index in [1.807, 2.05) is 0 Å². The van der Waals surface area contributed by atoms with Gasteiger partial charge in [-0.15, -0.1) is 0 Å². The van der Waals surface area contributed by atoms with Gasteiger partial charge in [-0.3, -0.25) is 0 Å². The third-order valence-corrected chi connectivity index (χ3v) is 10.8. The highest BCUT2D eigenvalue weighted by molar-refractivity contribution is 6.14. The Hall–Kier alpha value is -6.90. The number of nitrogens with zero attached hydrogens (tertiary/aromatic N) is 2. The summed E-state index contributed by atoms with van der Waals surface area (Å²) in [4.78, 5) is 10.5. The summed E-state index contributed by atoms with van der Waals surface area (Å²) in [6.45, 7) is 0. The van der Waals surface area contributed by atoms with Crippen molar-refractivity contribution in [3.8, 4) is 55.6 Å². The molecule has 2 nitrogen and oxygen atoms in total. The molecule has 9 aromatic carbocycles. The van der Waals surface area contributed by atoms with Crippen LogP contribution in [0.2, 0.25) is 0 Å². The molecule has 0 atom stereocenters. The molecule has 0 unspecified atom stereocenters. The van der Waals surface area contributed by atoms with Crippen LogP contribution >= 0.6 is 0 Å². The minimum atomic E-state index is 0.968. The number of rotatable bonds is 4. The van der Waals surface area contributed by atoms with Crippen molar-refractivity contribution in [3.05, 3.63) is 203 Å². The van der Waals surface area contributed by atoms with Gasteiger partial charge in [-0.2, -0.15) is 0 Å². The molecule has 2 heteroatoms. The molecule has 0 bridgehead atoms. The third-order valence-electron chi connectivity index (χ3n) is 10.8. The van der Waals surface area contributed by atoms with Crippen LogP contribution in [0.3, 0.4) is 0 Å². The molecule has 240 valence electrons. The van der Waals surface area contributed by atoms with Gasteiger partial charge in [0.25, 0.3) is 0 Å². The summed E-state index contributed by atoms with van der Waals surface area (Å²) in [6, 6.07) is 65.8. The van der Waals surface area contributed by atoms with Crippen molar-refractivity contribution in [1.82, 2.24) is 0 Å². The molecule has 2 aliphatic rings. The van der Waals surface area contributed by atoms with Gasteiger partial charge in [0.05, 0.1) is 22.1 Å². The maximum atomic E-state index is 5.27. The minimum Gasteiger partial charge on any atom is -0.248 e. The topological polar surface area (TPSA) is 24.7 Å². The van der Waals surface area contributed by atoms with Crippen molar-refractivity contribution in [2.45, 2.75) is 0 Å². The van der Waals surface area contributed by atoms with Crippen LogP contribution in [0.1, 0.15) is 0 Å². The summed E-state index contributed by atoms with van der Waals surface area (Å²) in [5.74, 6) is 0. The molecule has 11 rings (SSSR count). The zero-order valence-corrected chi connectivity index (χ0v) is 28.2. The van der Waals surface area contributed by atoms with Gasteiger partial charge in [0.2, 0.25) is 0 Å². The summed E-state index contributed by atoms with van der Waals surface area (Å²) in [6.07, 6.45) is 0. The Morgan fingerprint density at radius 2 is 0.923 bits per heavy atom. The Morgan fingerprint density at radius 1 is 0.308 bits per heavy atom. The standard InChI is InChI=1S/C50H30N2/c1-3-13-31(14-4-1)36-24-23-35-29-33-17-7-8-18-34(33)30-42(35)46(36)39-20-9-10-21-40(39)47-37(32-15-5-2-6-16-32)25-27-44-48(47)49-45(51-44)28-26-41-38-19-11-12-22-43(38)52-50(41)49/h1-30H. The molecule has 0 aliphatic carbocycles. The summed E-state index contributed by atoms with van der Waals surface area (Å²) in [7, 11) is 0. The molecular formula is C50H30N2. The van der Waals surface area contributed by atoms with E-state index in [1.54, 1.807) is 0 Å². The number of benzene rings is 9. The highest BCUT2D eigenvalue weighted by Crippen LogP contribution is 2.52. The highest BCUT2D eigenvalue weighted by atomic mass is 14.8. The van der Waals surface area contributed by atoms with E-state index in [9.17, 15) is 0 Å². The van der Waals surface area contributed by atoms with Gasteiger partial charge in [-0.05, 0) is 96.9 Å². The average molecular weight is 659 g/mol. The van der Waals surface area contributed by atoms with E-state index in [0.29, 0.717) is 0 Å². The minimum absolute atomic E-state index is 0.968. The van der Waals surface area contributed by atoms with E-state index in [2.05, 4.69) is 182 Å². The zero-order valence-electron chi connectivity index (χ0n) is 28.2.